The van der Waals surface area contributed by atoms with Gasteiger partial charge in [0.25, 0.3) is 0 Å². The van der Waals surface area contributed by atoms with Gasteiger partial charge in [-0.2, -0.15) is 0 Å². The molecule has 4 atom stereocenters. The zero-order valence-electron chi connectivity index (χ0n) is 16.7. The van der Waals surface area contributed by atoms with Crippen LogP contribution < -0.4 is 11.1 Å². The van der Waals surface area contributed by atoms with Crippen molar-refractivity contribution >= 4 is 11.8 Å². The van der Waals surface area contributed by atoms with Crippen molar-refractivity contribution < 1.29 is 19.1 Å². The molecule has 1 saturated heterocycles. The second kappa shape index (κ2) is 8.29. The van der Waals surface area contributed by atoms with Crippen molar-refractivity contribution in [2.75, 3.05) is 6.54 Å². The molecule has 1 aliphatic rings. The van der Waals surface area contributed by atoms with Crippen LogP contribution in [0.25, 0.3) is 0 Å². The Balaban J connectivity index is 2.14. The van der Waals surface area contributed by atoms with Gasteiger partial charge in [-0.05, 0) is 30.0 Å². The molecule has 0 saturated carbocycles. The topological polar surface area (TPSA) is 95.7 Å². The first-order chi connectivity index (χ1) is 13.0. The fraction of sp³-hybridized carbons (Fsp3) is 0.524. The van der Waals surface area contributed by atoms with Crippen molar-refractivity contribution in [2.45, 2.75) is 58.3 Å². The third-order valence-corrected chi connectivity index (χ3v) is 5.07. The van der Waals surface area contributed by atoms with E-state index >= 15 is 0 Å². The van der Waals surface area contributed by atoms with E-state index in [-0.39, 0.29) is 24.4 Å². The number of hydrogen-bond acceptors (Lipinski definition) is 4. The van der Waals surface area contributed by atoms with Crippen LogP contribution in [0.2, 0.25) is 0 Å². The maximum Gasteiger partial charge on any atom is 0.243 e. The number of amides is 2. The van der Waals surface area contributed by atoms with E-state index in [9.17, 15) is 19.1 Å². The smallest absolute Gasteiger partial charge is 0.243 e. The molecule has 0 spiro atoms. The predicted octanol–water partition coefficient (Wildman–Crippen LogP) is 1.32. The van der Waals surface area contributed by atoms with Crippen molar-refractivity contribution in [3.8, 4) is 12.3 Å². The van der Waals surface area contributed by atoms with Crippen molar-refractivity contribution in [3.63, 3.8) is 0 Å². The van der Waals surface area contributed by atoms with E-state index in [0.29, 0.717) is 5.56 Å². The van der Waals surface area contributed by atoms with Gasteiger partial charge < -0.3 is 21.1 Å². The highest BCUT2D eigenvalue weighted by molar-refractivity contribution is 5.91. The van der Waals surface area contributed by atoms with E-state index in [4.69, 9.17) is 12.2 Å². The Labute approximate surface area is 165 Å². The number of nitrogens with one attached hydrogen (secondary N) is 1. The van der Waals surface area contributed by atoms with Gasteiger partial charge in [0, 0.05) is 13.0 Å². The Morgan fingerprint density at radius 2 is 2.07 bits per heavy atom. The van der Waals surface area contributed by atoms with Gasteiger partial charge in [-0.15, -0.1) is 6.42 Å². The number of terminal acetylenes is 1. The minimum Gasteiger partial charge on any atom is -0.391 e. The van der Waals surface area contributed by atoms with Crippen LogP contribution in [0.1, 0.15) is 51.3 Å². The maximum atomic E-state index is 13.9. The lowest BCUT2D eigenvalue weighted by Gasteiger charge is -2.32. The van der Waals surface area contributed by atoms with Gasteiger partial charge in [0.15, 0.2) is 0 Å². The molecule has 7 heteroatoms. The summed E-state index contributed by atoms with van der Waals surface area (Å²) in [7, 11) is 0. The number of aliphatic hydroxyl groups excluding tert-OH is 1. The predicted molar refractivity (Wildman–Crippen MR) is 104 cm³/mol. The van der Waals surface area contributed by atoms with Crippen LogP contribution in [-0.4, -0.2) is 46.6 Å². The monoisotopic (exact) mass is 389 g/mol. The molecule has 6 nitrogen and oxygen atoms in total. The number of hydrogen-bond donors (Lipinski definition) is 3. The number of benzene rings is 1. The van der Waals surface area contributed by atoms with Gasteiger partial charge in [0.05, 0.1) is 23.8 Å². The number of rotatable bonds is 4. The largest absolute Gasteiger partial charge is 0.391 e. The first kappa shape index (κ1) is 21.9. The fourth-order valence-corrected chi connectivity index (χ4v) is 3.17. The van der Waals surface area contributed by atoms with E-state index in [2.05, 4.69) is 11.2 Å². The molecule has 1 fully saturated rings. The Hall–Kier alpha value is -2.43. The summed E-state index contributed by atoms with van der Waals surface area (Å²) in [6.45, 7) is 7.29. The molecule has 0 radical (unpaired) electrons. The normalized spacial score (nSPS) is 21.7. The average molecular weight is 389 g/mol. The first-order valence-electron chi connectivity index (χ1n) is 9.26. The number of nitrogens with zero attached hydrogens (tertiary/aromatic N) is 1. The molecular formula is C21H28FN3O3. The van der Waals surface area contributed by atoms with Gasteiger partial charge >= 0.3 is 0 Å². The molecule has 1 heterocycles. The maximum absolute atomic E-state index is 13.9. The highest BCUT2D eigenvalue weighted by atomic mass is 19.1. The van der Waals surface area contributed by atoms with Crippen molar-refractivity contribution in [1.29, 1.82) is 0 Å². The summed E-state index contributed by atoms with van der Waals surface area (Å²) in [5, 5.41) is 12.8. The third-order valence-electron chi connectivity index (χ3n) is 5.07. The number of carbonyl (C=O) groups excluding carboxylic acids is 2. The Morgan fingerprint density at radius 3 is 2.61 bits per heavy atom. The van der Waals surface area contributed by atoms with Gasteiger partial charge in [0.1, 0.15) is 11.9 Å². The SMILES string of the molecule is C#Cc1ccc([C@H](C)NC(=O)[C@@H]2C[C@@H](O)CN2C(=O)C(N)C(C)(C)C)cc1F. The zero-order valence-corrected chi connectivity index (χ0v) is 16.7. The van der Waals surface area contributed by atoms with Crippen LogP contribution in [-0.2, 0) is 9.59 Å². The molecule has 0 bridgehead atoms. The van der Waals surface area contributed by atoms with Crippen LogP contribution in [0.3, 0.4) is 0 Å². The molecule has 2 rings (SSSR count). The summed E-state index contributed by atoms with van der Waals surface area (Å²) >= 11 is 0. The van der Waals surface area contributed by atoms with E-state index < -0.39 is 41.4 Å². The standard InChI is InChI=1S/C21H28FN3O3/c1-6-13-7-8-14(9-16(13)22)12(2)24-19(27)17-10-15(26)11-25(17)20(28)18(23)21(3,4)5/h1,7-9,12,15,17-18,26H,10-11,23H2,2-5H3,(H,24,27)/t12-,15+,17-,18?/m0/s1. The molecule has 28 heavy (non-hydrogen) atoms. The highest BCUT2D eigenvalue weighted by Crippen LogP contribution is 2.25. The molecule has 152 valence electrons. The molecule has 0 aliphatic carbocycles. The molecule has 2 amide bonds. The van der Waals surface area contributed by atoms with Crippen LogP contribution in [0.5, 0.6) is 0 Å². The second-order valence-corrected chi connectivity index (χ2v) is 8.35. The molecule has 1 aromatic carbocycles. The number of aliphatic hydroxyl groups is 1. The molecule has 1 aromatic rings. The van der Waals surface area contributed by atoms with Crippen LogP contribution in [0, 0.1) is 23.6 Å². The Bertz CT molecular complexity index is 797. The van der Waals surface area contributed by atoms with Gasteiger partial charge in [0.2, 0.25) is 11.8 Å². The lowest BCUT2D eigenvalue weighted by molar-refractivity contribution is -0.141. The summed E-state index contributed by atoms with van der Waals surface area (Å²) in [6.07, 6.45) is 4.55. The third kappa shape index (κ3) is 4.70. The van der Waals surface area contributed by atoms with E-state index in [1.54, 1.807) is 13.0 Å². The summed E-state index contributed by atoms with van der Waals surface area (Å²) in [6, 6.07) is 2.28. The van der Waals surface area contributed by atoms with Crippen LogP contribution in [0.15, 0.2) is 18.2 Å². The summed E-state index contributed by atoms with van der Waals surface area (Å²) in [5.74, 6) is 0.919. The zero-order chi connectivity index (χ0) is 21.2. The quantitative estimate of drug-likeness (QED) is 0.677. The van der Waals surface area contributed by atoms with E-state index in [0.717, 1.165) is 0 Å². The molecule has 1 unspecified atom stereocenters. The van der Waals surface area contributed by atoms with Gasteiger partial charge in [-0.25, -0.2) is 4.39 Å². The van der Waals surface area contributed by atoms with Gasteiger partial charge in [-0.3, -0.25) is 9.59 Å². The molecular weight excluding hydrogens is 361 g/mol. The number of β-amino-alcohol motifs (C(OH)–C–C–N with tert-alkyl or cyclic N) is 1. The van der Waals surface area contributed by atoms with Gasteiger partial charge in [-0.1, -0.05) is 32.8 Å². The number of halogens is 1. The highest BCUT2D eigenvalue weighted by Gasteiger charge is 2.42. The number of nitrogens with two attached hydrogens (primary N) is 1. The van der Waals surface area contributed by atoms with Crippen molar-refractivity contribution in [3.05, 3.63) is 35.1 Å². The molecule has 0 aromatic heterocycles. The lowest BCUT2D eigenvalue weighted by Crippen LogP contribution is -2.55. The Morgan fingerprint density at radius 1 is 1.43 bits per heavy atom. The van der Waals surface area contributed by atoms with E-state index in [1.807, 2.05) is 20.8 Å². The lowest BCUT2D eigenvalue weighted by atomic mass is 9.86. The second-order valence-electron chi connectivity index (χ2n) is 8.35. The summed E-state index contributed by atoms with van der Waals surface area (Å²) < 4.78 is 13.9. The first-order valence-corrected chi connectivity index (χ1v) is 9.26. The summed E-state index contributed by atoms with van der Waals surface area (Å²) in [4.78, 5) is 26.9. The Kier molecular flexibility index (Phi) is 6.48. The van der Waals surface area contributed by atoms with Crippen LogP contribution in [0.4, 0.5) is 4.39 Å². The summed E-state index contributed by atoms with van der Waals surface area (Å²) in [5.41, 5.74) is 6.27. The molecule has 1 aliphatic heterocycles. The fourth-order valence-electron chi connectivity index (χ4n) is 3.17. The minimum absolute atomic E-state index is 0.0561. The number of likely N-dealkylation sites (tertiary alicyclic amines) is 1. The minimum atomic E-state index is -0.826. The average Bonchev–Trinajstić information content (AvgIpc) is 3.01. The van der Waals surface area contributed by atoms with Crippen molar-refractivity contribution in [1.82, 2.24) is 10.2 Å². The van der Waals surface area contributed by atoms with E-state index in [1.165, 1.54) is 17.0 Å². The van der Waals surface area contributed by atoms with Crippen molar-refractivity contribution in [2.24, 2.45) is 11.1 Å². The molecule has 4 N–H and O–H groups in total. The number of carbonyl (C=O) groups is 2. The van der Waals surface area contributed by atoms with Crippen LogP contribution >= 0.6 is 0 Å².